The van der Waals surface area contributed by atoms with Gasteiger partial charge in [0.15, 0.2) is 16.6 Å². The van der Waals surface area contributed by atoms with E-state index in [1.807, 2.05) is 62.4 Å². The van der Waals surface area contributed by atoms with Gasteiger partial charge in [0, 0.05) is 0 Å². The van der Waals surface area contributed by atoms with Gasteiger partial charge < -0.3 is 9.47 Å². The van der Waals surface area contributed by atoms with Crippen molar-refractivity contribution >= 4 is 63.3 Å². The third-order valence-corrected chi connectivity index (χ3v) is 7.11. The maximum absolute atomic E-state index is 13.4. The van der Waals surface area contributed by atoms with Crippen LogP contribution in [-0.2, 0) is 22.6 Å². The summed E-state index contributed by atoms with van der Waals surface area (Å²) in [4.78, 5) is 27.6. The van der Waals surface area contributed by atoms with Crippen LogP contribution in [0.5, 0.6) is 11.5 Å². The normalized spacial score (nSPS) is 14.5. The summed E-state index contributed by atoms with van der Waals surface area (Å²) >= 11 is 12.0. The number of thiocarbonyl (C=S) groups is 1. The fourth-order valence-corrected chi connectivity index (χ4v) is 5.05. The smallest absolute Gasteiger partial charge is 0.270 e. The first-order valence-corrected chi connectivity index (χ1v) is 13.7. The van der Waals surface area contributed by atoms with Gasteiger partial charge >= 0.3 is 0 Å². The number of ether oxygens (including phenoxy) is 2. The van der Waals surface area contributed by atoms with Crippen molar-refractivity contribution in [3.05, 3.63) is 106 Å². The zero-order chi connectivity index (χ0) is 28.2. The van der Waals surface area contributed by atoms with Gasteiger partial charge in [0.2, 0.25) is 0 Å². The molecule has 4 aromatic carbocycles. The van der Waals surface area contributed by atoms with Gasteiger partial charge in [-0.3, -0.25) is 19.8 Å². The summed E-state index contributed by atoms with van der Waals surface area (Å²) < 4.78 is 11.9. The van der Waals surface area contributed by atoms with E-state index in [1.165, 1.54) is 11.0 Å². The van der Waals surface area contributed by atoms with Crippen LogP contribution in [0.4, 0.5) is 5.69 Å². The fourth-order valence-electron chi connectivity index (χ4n) is 4.50. The molecule has 0 aromatic heterocycles. The molecule has 5 rings (SSSR count). The Morgan fingerprint density at radius 1 is 0.900 bits per heavy atom. The number of hydrogen-bond acceptors (Lipinski definition) is 5. The monoisotopic (exact) mass is 570 g/mol. The van der Waals surface area contributed by atoms with E-state index in [0.717, 1.165) is 28.3 Å². The predicted octanol–water partition coefficient (Wildman–Crippen LogP) is 6.86. The van der Waals surface area contributed by atoms with Gasteiger partial charge in [-0.2, -0.15) is 0 Å². The Hall–Kier alpha value is -4.20. The SMILES string of the molecule is CCOc1cc(/C=C2\C(=O)NC(=S)N(c3ccc(CC)cc3)C2=O)cc(Cl)c1OCc1ccc2ccccc2c1. The molecule has 0 atom stereocenters. The van der Waals surface area contributed by atoms with E-state index in [2.05, 4.69) is 23.5 Å². The van der Waals surface area contributed by atoms with Crippen molar-refractivity contribution in [3.63, 3.8) is 0 Å². The molecule has 0 radical (unpaired) electrons. The van der Waals surface area contributed by atoms with Gasteiger partial charge in [0.1, 0.15) is 12.2 Å². The lowest BCUT2D eigenvalue weighted by Gasteiger charge is -2.29. The number of amides is 2. The first kappa shape index (κ1) is 27.4. The summed E-state index contributed by atoms with van der Waals surface area (Å²) in [6.45, 7) is 4.56. The molecule has 1 aliphatic rings. The molecule has 202 valence electrons. The van der Waals surface area contributed by atoms with Crippen molar-refractivity contribution in [2.24, 2.45) is 0 Å². The first-order valence-electron chi connectivity index (χ1n) is 12.9. The zero-order valence-electron chi connectivity index (χ0n) is 22.1. The average molecular weight is 571 g/mol. The van der Waals surface area contributed by atoms with Crippen molar-refractivity contribution in [2.45, 2.75) is 26.9 Å². The zero-order valence-corrected chi connectivity index (χ0v) is 23.6. The lowest BCUT2D eigenvalue weighted by molar-refractivity contribution is -0.122. The largest absolute Gasteiger partial charge is 0.490 e. The second-order valence-electron chi connectivity index (χ2n) is 9.21. The van der Waals surface area contributed by atoms with E-state index in [0.29, 0.717) is 34.4 Å². The number of anilines is 1. The number of hydrogen-bond donors (Lipinski definition) is 1. The van der Waals surface area contributed by atoms with Gasteiger partial charge in [-0.25, -0.2) is 0 Å². The lowest BCUT2D eigenvalue weighted by Crippen LogP contribution is -2.54. The molecule has 1 N–H and O–H groups in total. The molecule has 8 heteroatoms. The van der Waals surface area contributed by atoms with Gasteiger partial charge in [0.25, 0.3) is 11.8 Å². The summed E-state index contributed by atoms with van der Waals surface area (Å²) in [7, 11) is 0. The Kier molecular flexibility index (Phi) is 8.14. The second-order valence-corrected chi connectivity index (χ2v) is 10.0. The standard InChI is InChI=1S/C32H27ClN2O4S/c1-3-20-10-13-25(14-11-20)35-31(37)26(30(36)34-32(35)40)16-22-17-27(33)29(28(18-22)38-4-2)39-19-21-9-12-23-7-5-6-8-24(23)15-21/h5-18H,3-4,19H2,1-2H3,(H,34,36,40)/b26-16+. The van der Waals surface area contributed by atoms with Crippen LogP contribution in [-0.4, -0.2) is 23.5 Å². The highest BCUT2D eigenvalue weighted by atomic mass is 35.5. The molecule has 1 saturated heterocycles. The first-order chi connectivity index (χ1) is 19.4. The molecule has 4 aromatic rings. The summed E-state index contributed by atoms with van der Waals surface area (Å²) in [5.74, 6) is -0.309. The quantitative estimate of drug-likeness (QED) is 0.142. The molecule has 40 heavy (non-hydrogen) atoms. The Labute approximate surface area is 243 Å². The maximum Gasteiger partial charge on any atom is 0.270 e. The van der Waals surface area contributed by atoms with E-state index in [9.17, 15) is 9.59 Å². The number of carbonyl (C=O) groups is 2. The second kappa shape index (κ2) is 11.9. The van der Waals surface area contributed by atoms with E-state index in [4.69, 9.17) is 33.3 Å². The van der Waals surface area contributed by atoms with E-state index >= 15 is 0 Å². The summed E-state index contributed by atoms with van der Waals surface area (Å²) in [5, 5.41) is 5.21. The van der Waals surface area contributed by atoms with E-state index < -0.39 is 11.8 Å². The van der Waals surface area contributed by atoms with Crippen LogP contribution in [0.3, 0.4) is 0 Å². The number of carbonyl (C=O) groups excluding carboxylic acids is 2. The molecule has 0 spiro atoms. The van der Waals surface area contributed by atoms with Crippen LogP contribution < -0.4 is 19.7 Å². The Balaban J connectivity index is 1.43. The molecular formula is C32H27ClN2O4S. The third kappa shape index (κ3) is 5.71. The van der Waals surface area contributed by atoms with Gasteiger partial charge in [-0.05, 0) is 89.4 Å². The van der Waals surface area contributed by atoms with E-state index in [-0.39, 0.29) is 17.3 Å². The number of halogens is 1. The fraction of sp³-hybridized carbons (Fsp3) is 0.156. The minimum atomic E-state index is -0.581. The number of nitrogens with one attached hydrogen (secondary N) is 1. The summed E-state index contributed by atoms with van der Waals surface area (Å²) in [6.07, 6.45) is 2.35. The highest BCUT2D eigenvalue weighted by molar-refractivity contribution is 7.80. The topological polar surface area (TPSA) is 67.9 Å². The molecule has 1 fully saturated rings. The van der Waals surface area contributed by atoms with Gasteiger partial charge in [-0.1, -0.05) is 67.1 Å². The van der Waals surface area contributed by atoms with Crippen LogP contribution in [0.1, 0.15) is 30.5 Å². The molecule has 0 saturated carbocycles. The number of rotatable bonds is 8. The number of nitrogens with zero attached hydrogens (tertiary/aromatic N) is 1. The van der Waals surface area contributed by atoms with Crippen LogP contribution in [0.25, 0.3) is 16.8 Å². The van der Waals surface area contributed by atoms with Crippen LogP contribution in [0, 0.1) is 0 Å². The average Bonchev–Trinajstić information content (AvgIpc) is 2.95. The molecule has 0 aliphatic carbocycles. The number of benzene rings is 4. The van der Waals surface area contributed by atoms with Crippen molar-refractivity contribution in [2.75, 3.05) is 11.5 Å². The molecule has 0 unspecified atom stereocenters. The Bertz CT molecular complexity index is 1650. The molecule has 1 heterocycles. The lowest BCUT2D eigenvalue weighted by atomic mass is 10.1. The van der Waals surface area contributed by atoms with Crippen LogP contribution >= 0.6 is 23.8 Å². The number of fused-ring (bicyclic) bond motifs is 1. The summed E-state index contributed by atoms with van der Waals surface area (Å²) in [5.41, 5.74) is 3.12. The van der Waals surface area contributed by atoms with Gasteiger partial charge in [0.05, 0.1) is 17.3 Å². The molecule has 6 nitrogen and oxygen atoms in total. The van der Waals surface area contributed by atoms with Crippen LogP contribution in [0.15, 0.2) is 84.4 Å². The van der Waals surface area contributed by atoms with Crippen molar-refractivity contribution in [1.82, 2.24) is 5.32 Å². The molecule has 2 amide bonds. The minimum Gasteiger partial charge on any atom is -0.490 e. The Morgan fingerprint density at radius 2 is 1.62 bits per heavy atom. The highest BCUT2D eigenvalue weighted by Crippen LogP contribution is 2.38. The predicted molar refractivity (Wildman–Crippen MR) is 163 cm³/mol. The highest BCUT2D eigenvalue weighted by Gasteiger charge is 2.34. The van der Waals surface area contributed by atoms with Gasteiger partial charge in [-0.15, -0.1) is 0 Å². The summed E-state index contributed by atoms with van der Waals surface area (Å²) in [6, 6.07) is 25.1. The van der Waals surface area contributed by atoms with Crippen molar-refractivity contribution in [1.29, 1.82) is 0 Å². The Morgan fingerprint density at radius 3 is 2.35 bits per heavy atom. The third-order valence-electron chi connectivity index (χ3n) is 6.54. The maximum atomic E-state index is 13.4. The number of aryl methyl sites for hydroxylation is 1. The molecular weight excluding hydrogens is 544 g/mol. The van der Waals surface area contributed by atoms with E-state index in [1.54, 1.807) is 12.1 Å². The molecule has 1 aliphatic heterocycles. The minimum absolute atomic E-state index is 0.0295. The van der Waals surface area contributed by atoms with Crippen LogP contribution in [0.2, 0.25) is 5.02 Å². The van der Waals surface area contributed by atoms with Crippen molar-refractivity contribution < 1.29 is 19.1 Å². The molecule has 0 bridgehead atoms. The van der Waals surface area contributed by atoms with Crippen molar-refractivity contribution in [3.8, 4) is 11.5 Å².